The van der Waals surface area contributed by atoms with E-state index in [1.54, 1.807) is 7.11 Å². The summed E-state index contributed by atoms with van der Waals surface area (Å²) in [6.45, 7) is 8.73. The zero-order chi connectivity index (χ0) is 15.8. The van der Waals surface area contributed by atoms with E-state index in [4.69, 9.17) is 4.74 Å². The molecule has 0 saturated heterocycles. The first-order valence-electron chi connectivity index (χ1n) is 6.72. The van der Waals surface area contributed by atoms with E-state index in [2.05, 4.69) is 15.6 Å². The largest absolute Gasteiger partial charge is 0.390 e. The average Bonchev–Trinajstić information content (AvgIpc) is 2.26. The molecule has 128 valence electrons. The van der Waals surface area contributed by atoms with Crippen molar-refractivity contribution in [3.8, 4) is 0 Å². The third kappa shape index (κ3) is 12.0. The highest BCUT2D eigenvalue weighted by molar-refractivity contribution is 14.0. The van der Waals surface area contributed by atoms with Gasteiger partial charge in [0.15, 0.2) is 5.96 Å². The summed E-state index contributed by atoms with van der Waals surface area (Å²) >= 11 is 0. The number of rotatable bonds is 6. The molecule has 0 aromatic heterocycles. The Morgan fingerprint density at radius 1 is 1.19 bits per heavy atom. The van der Waals surface area contributed by atoms with Crippen LogP contribution in [0.1, 0.15) is 34.1 Å². The molecule has 0 aromatic rings. The fraction of sp³-hybridized carbons (Fsp3) is 0.923. The molecule has 0 spiro atoms. The summed E-state index contributed by atoms with van der Waals surface area (Å²) in [6, 6.07) is 0. The van der Waals surface area contributed by atoms with E-state index < -0.39 is 12.6 Å². The van der Waals surface area contributed by atoms with E-state index in [1.165, 1.54) is 0 Å². The van der Waals surface area contributed by atoms with E-state index >= 15 is 0 Å². The molecule has 0 heterocycles. The Labute approximate surface area is 142 Å². The SMILES string of the molecule is CCNC(=NCC(OC)C(C)(C)C)NCCC(F)(F)F.I. The van der Waals surface area contributed by atoms with Gasteiger partial charge in [0.2, 0.25) is 0 Å². The maximum Gasteiger partial charge on any atom is 0.390 e. The summed E-state index contributed by atoms with van der Waals surface area (Å²) in [5.41, 5.74) is -0.0818. The normalized spacial score (nSPS) is 14.4. The highest BCUT2D eigenvalue weighted by atomic mass is 127. The molecule has 0 radical (unpaired) electrons. The lowest BCUT2D eigenvalue weighted by Crippen LogP contribution is -2.40. The minimum Gasteiger partial charge on any atom is -0.379 e. The molecule has 0 rings (SSSR count). The van der Waals surface area contributed by atoms with Crippen molar-refractivity contribution < 1.29 is 17.9 Å². The predicted octanol–water partition coefficient (Wildman–Crippen LogP) is 3.17. The van der Waals surface area contributed by atoms with Crippen LogP contribution in [0.25, 0.3) is 0 Å². The molecule has 1 unspecified atom stereocenters. The van der Waals surface area contributed by atoms with Crippen molar-refractivity contribution in [1.29, 1.82) is 0 Å². The van der Waals surface area contributed by atoms with Gasteiger partial charge in [-0.25, -0.2) is 0 Å². The molecule has 8 heteroatoms. The van der Waals surface area contributed by atoms with Crippen molar-refractivity contribution in [2.75, 3.05) is 26.7 Å². The summed E-state index contributed by atoms with van der Waals surface area (Å²) in [6.07, 6.45) is -5.14. The Bertz CT molecular complexity index is 304. The smallest absolute Gasteiger partial charge is 0.379 e. The lowest BCUT2D eigenvalue weighted by atomic mass is 9.89. The number of hydrogen-bond acceptors (Lipinski definition) is 2. The van der Waals surface area contributed by atoms with Gasteiger partial charge in [-0.2, -0.15) is 13.2 Å². The summed E-state index contributed by atoms with van der Waals surface area (Å²) in [5, 5.41) is 5.59. The molecule has 0 aliphatic carbocycles. The maximum atomic E-state index is 12.1. The third-order valence-corrected chi connectivity index (χ3v) is 2.71. The predicted molar refractivity (Wildman–Crippen MR) is 90.3 cm³/mol. The maximum absolute atomic E-state index is 12.1. The van der Waals surface area contributed by atoms with Crippen LogP contribution in [0.3, 0.4) is 0 Å². The van der Waals surface area contributed by atoms with E-state index in [0.29, 0.717) is 19.0 Å². The van der Waals surface area contributed by atoms with Gasteiger partial charge in [0, 0.05) is 20.2 Å². The lowest BCUT2D eigenvalue weighted by Gasteiger charge is -2.28. The van der Waals surface area contributed by atoms with Crippen molar-refractivity contribution in [3.05, 3.63) is 0 Å². The van der Waals surface area contributed by atoms with Crippen LogP contribution in [-0.2, 0) is 4.74 Å². The van der Waals surface area contributed by atoms with Gasteiger partial charge in [0.1, 0.15) is 0 Å². The van der Waals surface area contributed by atoms with Gasteiger partial charge in [-0.15, -0.1) is 24.0 Å². The van der Waals surface area contributed by atoms with Crippen LogP contribution in [0.15, 0.2) is 4.99 Å². The average molecular weight is 425 g/mol. The quantitative estimate of drug-likeness (QED) is 0.391. The number of nitrogens with one attached hydrogen (secondary N) is 2. The summed E-state index contributed by atoms with van der Waals surface area (Å²) < 4.78 is 41.6. The first-order chi connectivity index (χ1) is 9.10. The van der Waals surface area contributed by atoms with Crippen LogP contribution in [0.4, 0.5) is 13.2 Å². The second-order valence-electron chi connectivity index (χ2n) is 5.60. The van der Waals surface area contributed by atoms with Gasteiger partial charge in [0.05, 0.1) is 19.1 Å². The van der Waals surface area contributed by atoms with Gasteiger partial charge < -0.3 is 15.4 Å². The Morgan fingerprint density at radius 3 is 2.14 bits per heavy atom. The molecule has 21 heavy (non-hydrogen) atoms. The van der Waals surface area contributed by atoms with Crippen molar-refractivity contribution in [3.63, 3.8) is 0 Å². The molecule has 0 bridgehead atoms. The van der Waals surface area contributed by atoms with Crippen LogP contribution in [0.2, 0.25) is 0 Å². The second kappa shape index (κ2) is 10.5. The van der Waals surface area contributed by atoms with E-state index in [-0.39, 0.29) is 42.0 Å². The zero-order valence-corrected chi connectivity index (χ0v) is 15.6. The number of halogens is 4. The first-order valence-corrected chi connectivity index (χ1v) is 6.72. The first kappa shape index (κ1) is 23.0. The van der Waals surface area contributed by atoms with Gasteiger partial charge in [-0.05, 0) is 12.3 Å². The Morgan fingerprint density at radius 2 is 1.76 bits per heavy atom. The van der Waals surface area contributed by atoms with Gasteiger partial charge in [-0.3, -0.25) is 4.99 Å². The van der Waals surface area contributed by atoms with E-state index in [9.17, 15) is 13.2 Å². The molecule has 0 aromatic carbocycles. The molecule has 1 atom stereocenters. The lowest BCUT2D eigenvalue weighted by molar-refractivity contribution is -0.132. The minimum atomic E-state index is -4.16. The van der Waals surface area contributed by atoms with Crippen LogP contribution in [0, 0.1) is 5.41 Å². The van der Waals surface area contributed by atoms with Crippen molar-refractivity contribution in [1.82, 2.24) is 10.6 Å². The van der Waals surface area contributed by atoms with Crippen molar-refractivity contribution >= 4 is 29.9 Å². The third-order valence-electron chi connectivity index (χ3n) is 2.71. The van der Waals surface area contributed by atoms with Crippen LogP contribution >= 0.6 is 24.0 Å². The molecule has 0 saturated carbocycles. The van der Waals surface area contributed by atoms with Gasteiger partial charge in [-0.1, -0.05) is 20.8 Å². The molecular weight excluding hydrogens is 398 g/mol. The van der Waals surface area contributed by atoms with Crippen molar-refractivity contribution in [2.24, 2.45) is 10.4 Å². The Balaban J connectivity index is 0. The second-order valence-corrected chi connectivity index (χ2v) is 5.60. The number of guanidine groups is 1. The summed E-state index contributed by atoms with van der Waals surface area (Å²) in [5.74, 6) is 0.378. The fourth-order valence-electron chi connectivity index (χ4n) is 1.54. The summed E-state index contributed by atoms with van der Waals surface area (Å²) in [7, 11) is 1.61. The Hall–Kier alpha value is -0.250. The Kier molecular flexibility index (Phi) is 11.5. The number of nitrogens with zero attached hydrogens (tertiary/aromatic N) is 1. The highest BCUT2D eigenvalue weighted by Crippen LogP contribution is 2.22. The van der Waals surface area contributed by atoms with Crippen molar-refractivity contribution in [2.45, 2.75) is 46.4 Å². The summed E-state index contributed by atoms with van der Waals surface area (Å²) in [4.78, 5) is 4.27. The molecule has 0 fully saturated rings. The van der Waals surface area contributed by atoms with Crippen LogP contribution in [-0.4, -0.2) is 45.0 Å². The molecule has 2 N–H and O–H groups in total. The number of alkyl halides is 3. The van der Waals surface area contributed by atoms with Gasteiger partial charge in [0.25, 0.3) is 0 Å². The monoisotopic (exact) mass is 425 g/mol. The number of methoxy groups -OCH3 is 1. The topological polar surface area (TPSA) is 45.7 Å². The molecular formula is C13H27F3IN3O. The molecule has 0 aliphatic heterocycles. The van der Waals surface area contributed by atoms with E-state index in [0.717, 1.165) is 0 Å². The van der Waals surface area contributed by atoms with Crippen LogP contribution < -0.4 is 10.6 Å². The number of hydrogen-bond donors (Lipinski definition) is 2. The molecule has 0 aliphatic rings. The van der Waals surface area contributed by atoms with Crippen LogP contribution in [0.5, 0.6) is 0 Å². The fourth-order valence-corrected chi connectivity index (χ4v) is 1.54. The molecule has 4 nitrogen and oxygen atoms in total. The number of ether oxygens (including phenoxy) is 1. The standard InChI is InChI=1S/C13H26F3N3O.HI/c1-6-17-11(18-8-7-13(14,15)16)19-9-10(20-5)12(2,3)4;/h10H,6-9H2,1-5H3,(H2,17,18,19);1H. The molecule has 0 amide bonds. The van der Waals surface area contributed by atoms with E-state index in [1.807, 2.05) is 27.7 Å². The zero-order valence-electron chi connectivity index (χ0n) is 13.3. The minimum absolute atomic E-state index is 0. The highest BCUT2D eigenvalue weighted by Gasteiger charge is 2.26. The number of aliphatic imine (C=N–C) groups is 1. The van der Waals surface area contributed by atoms with Gasteiger partial charge >= 0.3 is 6.18 Å².